The van der Waals surface area contributed by atoms with Gasteiger partial charge in [0.15, 0.2) is 0 Å². The van der Waals surface area contributed by atoms with Gasteiger partial charge in [-0.15, -0.1) is 23.5 Å². The highest BCUT2D eigenvalue weighted by atomic mass is 32.2. The van der Waals surface area contributed by atoms with Crippen LogP contribution < -0.4 is 5.43 Å². The van der Waals surface area contributed by atoms with Gasteiger partial charge in [0.25, 0.3) is 5.91 Å². The van der Waals surface area contributed by atoms with Crippen LogP contribution in [0.15, 0.2) is 29.6 Å². The summed E-state index contributed by atoms with van der Waals surface area (Å²) in [5.41, 5.74) is 3.03. The molecule has 0 saturated carbocycles. The molecule has 0 fully saturated rings. The number of amides is 1. The minimum absolute atomic E-state index is 0.224. The zero-order valence-corrected chi connectivity index (χ0v) is 10.1. The molecule has 1 N–H and O–H groups in total. The Hall–Kier alpha value is -1.01. The van der Waals surface area contributed by atoms with Gasteiger partial charge in [0.05, 0.1) is 0 Å². The van der Waals surface area contributed by atoms with Crippen LogP contribution in [0.1, 0.15) is 10.4 Å². The van der Waals surface area contributed by atoms with E-state index in [4.69, 9.17) is 0 Å². The number of carbonyl (C=O) groups excluding carboxylic acids is 1. The minimum Gasteiger partial charge on any atom is -0.267 e. The number of hydrogen-bond acceptors (Lipinski definition) is 5. The summed E-state index contributed by atoms with van der Waals surface area (Å²) in [6.45, 7) is 0. The van der Waals surface area contributed by atoms with E-state index in [1.54, 1.807) is 24.5 Å². The highest BCUT2D eigenvalue weighted by Gasteiger charge is 2.03. The number of pyridine rings is 1. The van der Waals surface area contributed by atoms with E-state index in [1.165, 1.54) is 23.5 Å². The molecule has 0 radical (unpaired) electrons. The molecular weight excluding hydrogens is 230 g/mol. The van der Waals surface area contributed by atoms with Gasteiger partial charge in [0, 0.05) is 18.0 Å². The molecule has 1 aromatic heterocycles. The second kappa shape index (κ2) is 6.47. The first-order valence-electron chi connectivity index (χ1n) is 4.14. The molecule has 15 heavy (non-hydrogen) atoms. The van der Waals surface area contributed by atoms with E-state index in [0.717, 1.165) is 4.38 Å². The van der Waals surface area contributed by atoms with Crippen LogP contribution in [0.3, 0.4) is 0 Å². The molecule has 0 aliphatic rings. The molecule has 80 valence electrons. The third-order valence-corrected chi connectivity index (χ3v) is 3.42. The van der Waals surface area contributed by atoms with Crippen molar-refractivity contribution in [3.63, 3.8) is 0 Å². The van der Waals surface area contributed by atoms with E-state index in [1.807, 2.05) is 12.5 Å². The normalized spacial score (nSPS) is 9.47. The van der Waals surface area contributed by atoms with Gasteiger partial charge in [-0.2, -0.15) is 5.10 Å². The highest BCUT2D eigenvalue weighted by molar-refractivity contribution is 8.38. The van der Waals surface area contributed by atoms with Crippen molar-refractivity contribution in [1.29, 1.82) is 0 Å². The molecule has 0 spiro atoms. The van der Waals surface area contributed by atoms with Crippen molar-refractivity contribution in [1.82, 2.24) is 10.4 Å². The second-order valence-corrected chi connectivity index (χ2v) is 4.31. The van der Waals surface area contributed by atoms with Gasteiger partial charge in [0.2, 0.25) is 0 Å². The zero-order chi connectivity index (χ0) is 11.1. The Kier molecular flexibility index (Phi) is 5.20. The summed E-state index contributed by atoms with van der Waals surface area (Å²) in [5.74, 6) is -0.224. The molecule has 1 heterocycles. The molecule has 0 aromatic carbocycles. The third kappa shape index (κ3) is 3.93. The lowest BCUT2D eigenvalue weighted by Crippen LogP contribution is -2.18. The lowest BCUT2D eigenvalue weighted by molar-refractivity contribution is 0.0955. The van der Waals surface area contributed by atoms with Gasteiger partial charge in [-0.1, -0.05) is 0 Å². The third-order valence-electron chi connectivity index (χ3n) is 1.54. The maximum atomic E-state index is 11.5. The van der Waals surface area contributed by atoms with Crippen LogP contribution in [-0.2, 0) is 0 Å². The van der Waals surface area contributed by atoms with E-state index in [0.29, 0.717) is 5.56 Å². The second-order valence-electron chi connectivity index (χ2n) is 2.46. The van der Waals surface area contributed by atoms with Crippen LogP contribution >= 0.6 is 23.5 Å². The van der Waals surface area contributed by atoms with Crippen LogP contribution in [0.4, 0.5) is 0 Å². The van der Waals surface area contributed by atoms with Gasteiger partial charge in [-0.25, -0.2) is 5.43 Å². The fourth-order valence-corrected chi connectivity index (χ4v) is 1.78. The summed E-state index contributed by atoms with van der Waals surface area (Å²) in [5, 5.41) is 3.96. The van der Waals surface area contributed by atoms with Gasteiger partial charge >= 0.3 is 0 Å². The summed E-state index contributed by atoms with van der Waals surface area (Å²) >= 11 is 2.99. The fourth-order valence-electron chi connectivity index (χ4n) is 0.839. The number of nitrogens with zero attached hydrogens (tertiary/aromatic N) is 2. The average molecular weight is 241 g/mol. The molecule has 0 aliphatic heterocycles. The topological polar surface area (TPSA) is 54.4 Å². The predicted molar refractivity (Wildman–Crippen MR) is 66.2 cm³/mol. The van der Waals surface area contributed by atoms with Crippen LogP contribution in [0.2, 0.25) is 0 Å². The first kappa shape index (κ1) is 12.1. The Morgan fingerprint density at radius 1 is 1.33 bits per heavy atom. The molecule has 0 unspecified atom stereocenters. The van der Waals surface area contributed by atoms with Gasteiger partial charge in [-0.3, -0.25) is 9.78 Å². The maximum Gasteiger partial charge on any atom is 0.271 e. The van der Waals surface area contributed by atoms with E-state index in [9.17, 15) is 4.79 Å². The summed E-state index contributed by atoms with van der Waals surface area (Å²) in [6, 6.07) is 3.28. The summed E-state index contributed by atoms with van der Waals surface area (Å²) in [7, 11) is 0. The summed E-state index contributed by atoms with van der Waals surface area (Å²) in [4.78, 5) is 15.3. The van der Waals surface area contributed by atoms with E-state index in [2.05, 4.69) is 15.5 Å². The SMILES string of the molecule is CSC(=NNC(=O)c1ccncc1)SC. The lowest BCUT2D eigenvalue weighted by atomic mass is 10.3. The number of nitrogens with one attached hydrogen (secondary N) is 1. The molecule has 4 nitrogen and oxygen atoms in total. The van der Waals surface area contributed by atoms with Gasteiger partial charge in [-0.05, 0) is 24.6 Å². The number of hydrogen-bond donors (Lipinski definition) is 1. The van der Waals surface area contributed by atoms with Crippen LogP contribution in [0.5, 0.6) is 0 Å². The first-order chi connectivity index (χ1) is 7.27. The molecule has 0 bridgehead atoms. The van der Waals surface area contributed by atoms with E-state index < -0.39 is 0 Å². The number of hydrazone groups is 1. The number of carbonyl (C=O) groups is 1. The van der Waals surface area contributed by atoms with Crippen LogP contribution in [0, 0.1) is 0 Å². The van der Waals surface area contributed by atoms with Gasteiger partial charge in [0.1, 0.15) is 4.38 Å². The van der Waals surface area contributed by atoms with Crippen molar-refractivity contribution in [3.05, 3.63) is 30.1 Å². The van der Waals surface area contributed by atoms with Crippen molar-refractivity contribution < 1.29 is 4.79 Å². The van der Waals surface area contributed by atoms with E-state index >= 15 is 0 Å². The average Bonchev–Trinajstić information content (AvgIpc) is 2.31. The molecule has 1 rings (SSSR count). The van der Waals surface area contributed by atoms with Crippen molar-refractivity contribution in [2.24, 2.45) is 5.10 Å². The Morgan fingerprint density at radius 2 is 1.93 bits per heavy atom. The Bertz CT molecular complexity index is 348. The Morgan fingerprint density at radius 3 is 2.47 bits per heavy atom. The number of thioether (sulfide) groups is 2. The molecule has 0 saturated heterocycles. The van der Waals surface area contributed by atoms with Crippen LogP contribution in [0.25, 0.3) is 0 Å². The monoisotopic (exact) mass is 241 g/mol. The Labute approximate surface area is 96.9 Å². The molecular formula is C9H11N3OS2. The lowest BCUT2D eigenvalue weighted by Gasteiger charge is -2.00. The molecule has 0 aliphatic carbocycles. The number of rotatable bonds is 2. The van der Waals surface area contributed by atoms with Crippen LogP contribution in [-0.4, -0.2) is 27.8 Å². The standard InChI is InChI=1S/C9H11N3OS2/c1-14-9(15-2)12-11-8(13)7-3-5-10-6-4-7/h3-6H,1-2H3,(H,11,13). The first-order valence-corrected chi connectivity index (χ1v) is 6.59. The molecule has 0 atom stereocenters. The molecule has 6 heteroatoms. The summed E-state index contributed by atoms with van der Waals surface area (Å²) in [6.07, 6.45) is 6.97. The van der Waals surface area contributed by atoms with E-state index in [-0.39, 0.29) is 5.91 Å². The Balaban J connectivity index is 2.61. The minimum atomic E-state index is -0.224. The van der Waals surface area contributed by atoms with Crippen molar-refractivity contribution in [3.8, 4) is 0 Å². The predicted octanol–water partition coefficient (Wildman–Crippen LogP) is 1.81. The van der Waals surface area contributed by atoms with Crippen molar-refractivity contribution >= 4 is 33.8 Å². The van der Waals surface area contributed by atoms with Crippen molar-refractivity contribution in [2.75, 3.05) is 12.5 Å². The highest BCUT2D eigenvalue weighted by Crippen LogP contribution is 2.09. The largest absolute Gasteiger partial charge is 0.271 e. The molecule has 1 aromatic rings. The zero-order valence-electron chi connectivity index (χ0n) is 8.43. The maximum absolute atomic E-state index is 11.5. The number of aromatic nitrogens is 1. The summed E-state index contributed by atoms with van der Waals surface area (Å²) < 4.78 is 0.817. The fraction of sp³-hybridized carbons (Fsp3) is 0.222. The van der Waals surface area contributed by atoms with Gasteiger partial charge < -0.3 is 0 Å². The molecule has 1 amide bonds. The van der Waals surface area contributed by atoms with Crippen molar-refractivity contribution in [2.45, 2.75) is 0 Å². The quantitative estimate of drug-likeness (QED) is 0.487. The smallest absolute Gasteiger partial charge is 0.267 e.